The van der Waals surface area contributed by atoms with Crippen LogP contribution in [0.2, 0.25) is 0 Å². The van der Waals surface area contributed by atoms with Gasteiger partial charge in [-0.25, -0.2) is 4.98 Å². The van der Waals surface area contributed by atoms with E-state index in [9.17, 15) is 4.79 Å². The summed E-state index contributed by atoms with van der Waals surface area (Å²) < 4.78 is 7.39. The van der Waals surface area contributed by atoms with E-state index in [2.05, 4.69) is 10.3 Å². The van der Waals surface area contributed by atoms with Crippen LogP contribution in [0.3, 0.4) is 0 Å². The van der Waals surface area contributed by atoms with Crippen LogP contribution in [0.4, 0.5) is 0 Å². The molecule has 0 saturated carbocycles. The van der Waals surface area contributed by atoms with E-state index in [-0.39, 0.29) is 5.91 Å². The number of imidazole rings is 1. The molecule has 2 heterocycles. The molecule has 2 aromatic rings. The highest BCUT2D eigenvalue weighted by Crippen LogP contribution is 2.15. The Morgan fingerprint density at radius 1 is 1.48 bits per heavy atom. The Hall–Kier alpha value is -1.88. The molecule has 0 bridgehead atoms. The molecule has 0 aliphatic carbocycles. The van der Waals surface area contributed by atoms with E-state index in [0.29, 0.717) is 19.0 Å². The van der Waals surface area contributed by atoms with Crippen LogP contribution in [0, 0.1) is 12.8 Å². The summed E-state index contributed by atoms with van der Waals surface area (Å²) in [7, 11) is 0. The van der Waals surface area contributed by atoms with E-state index in [4.69, 9.17) is 4.74 Å². The molecule has 112 valence electrons. The van der Waals surface area contributed by atoms with E-state index in [1.54, 1.807) is 0 Å². The highest BCUT2D eigenvalue weighted by Gasteiger charge is 2.16. The summed E-state index contributed by atoms with van der Waals surface area (Å²) in [6.07, 6.45) is 2.22. The average molecular weight is 287 g/mol. The van der Waals surface area contributed by atoms with Gasteiger partial charge in [-0.1, -0.05) is 12.1 Å². The minimum Gasteiger partial charge on any atom is -0.381 e. The van der Waals surface area contributed by atoms with E-state index in [1.165, 1.54) is 0 Å². The summed E-state index contributed by atoms with van der Waals surface area (Å²) in [6.45, 7) is 4.56. The molecule has 1 aromatic carbocycles. The van der Waals surface area contributed by atoms with Crippen LogP contribution in [-0.2, 0) is 16.1 Å². The minimum absolute atomic E-state index is 0.0341. The largest absolute Gasteiger partial charge is 0.381 e. The molecule has 1 N–H and O–H groups in total. The molecule has 5 nitrogen and oxygen atoms in total. The number of hydrogen-bond donors (Lipinski definition) is 1. The van der Waals surface area contributed by atoms with Crippen molar-refractivity contribution in [3.05, 3.63) is 30.1 Å². The second-order valence-corrected chi connectivity index (χ2v) is 5.62. The summed E-state index contributed by atoms with van der Waals surface area (Å²) in [5, 5.41) is 3.02. The quantitative estimate of drug-likeness (QED) is 0.934. The Labute approximate surface area is 124 Å². The second-order valence-electron chi connectivity index (χ2n) is 5.62. The predicted octanol–water partition coefficient (Wildman–Crippen LogP) is 1.89. The van der Waals surface area contributed by atoms with Crippen LogP contribution in [0.1, 0.15) is 18.7 Å². The van der Waals surface area contributed by atoms with Gasteiger partial charge in [-0.2, -0.15) is 0 Å². The standard InChI is InChI=1S/C16H21N3O2/c1-12-18-14-6-2-3-7-15(14)19(12)10-16(20)17-9-13-5-4-8-21-11-13/h2-3,6-7,13H,4-5,8-11H2,1H3,(H,17,20). The Balaban J connectivity index is 1.62. The van der Waals surface area contributed by atoms with E-state index < -0.39 is 0 Å². The maximum atomic E-state index is 12.1. The molecule has 1 saturated heterocycles. The fourth-order valence-corrected chi connectivity index (χ4v) is 2.82. The van der Waals surface area contributed by atoms with Gasteiger partial charge >= 0.3 is 0 Å². The maximum absolute atomic E-state index is 12.1. The number of rotatable bonds is 4. The van der Waals surface area contributed by atoms with Crippen molar-refractivity contribution in [1.82, 2.24) is 14.9 Å². The molecule has 1 aromatic heterocycles. The second kappa shape index (κ2) is 6.26. The number of carbonyl (C=O) groups is 1. The van der Waals surface area contributed by atoms with Gasteiger partial charge in [0.2, 0.25) is 5.91 Å². The lowest BCUT2D eigenvalue weighted by atomic mass is 10.0. The molecule has 1 atom stereocenters. The maximum Gasteiger partial charge on any atom is 0.240 e. The topological polar surface area (TPSA) is 56.2 Å². The van der Waals surface area contributed by atoms with Crippen molar-refractivity contribution in [2.24, 2.45) is 5.92 Å². The molecule has 21 heavy (non-hydrogen) atoms. The normalized spacial score (nSPS) is 18.8. The van der Waals surface area contributed by atoms with E-state index in [0.717, 1.165) is 42.9 Å². The fraction of sp³-hybridized carbons (Fsp3) is 0.500. The smallest absolute Gasteiger partial charge is 0.240 e. The van der Waals surface area contributed by atoms with Crippen LogP contribution in [0.5, 0.6) is 0 Å². The summed E-state index contributed by atoms with van der Waals surface area (Å²) in [6, 6.07) is 7.90. The monoisotopic (exact) mass is 287 g/mol. The minimum atomic E-state index is 0.0341. The first-order chi connectivity index (χ1) is 10.2. The van der Waals surface area contributed by atoms with Crippen LogP contribution < -0.4 is 5.32 Å². The van der Waals surface area contributed by atoms with Crippen molar-refractivity contribution in [1.29, 1.82) is 0 Å². The molecular weight excluding hydrogens is 266 g/mol. The lowest BCUT2D eigenvalue weighted by Gasteiger charge is -2.22. The SMILES string of the molecule is Cc1nc2ccccc2n1CC(=O)NCC1CCCOC1. The van der Waals surface area contributed by atoms with Crippen molar-refractivity contribution in [3.8, 4) is 0 Å². The zero-order valence-corrected chi connectivity index (χ0v) is 12.3. The Morgan fingerprint density at radius 3 is 3.14 bits per heavy atom. The van der Waals surface area contributed by atoms with Gasteiger partial charge in [-0.05, 0) is 37.8 Å². The van der Waals surface area contributed by atoms with Gasteiger partial charge in [-0.3, -0.25) is 4.79 Å². The van der Waals surface area contributed by atoms with Gasteiger partial charge < -0.3 is 14.6 Å². The van der Waals surface area contributed by atoms with Gasteiger partial charge in [-0.15, -0.1) is 0 Å². The number of ether oxygens (including phenoxy) is 1. The molecule has 0 spiro atoms. The van der Waals surface area contributed by atoms with Gasteiger partial charge in [0, 0.05) is 13.2 Å². The molecule has 5 heteroatoms. The Bertz CT molecular complexity index is 629. The van der Waals surface area contributed by atoms with Crippen molar-refractivity contribution in [2.75, 3.05) is 19.8 Å². The third kappa shape index (κ3) is 3.24. The third-order valence-electron chi connectivity index (χ3n) is 3.99. The first kappa shape index (κ1) is 14.1. The molecule has 0 radical (unpaired) electrons. The van der Waals surface area contributed by atoms with Crippen LogP contribution in [-0.4, -0.2) is 35.2 Å². The van der Waals surface area contributed by atoms with E-state index in [1.807, 2.05) is 35.8 Å². The molecule has 1 amide bonds. The summed E-state index contributed by atoms with van der Waals surface area (Å²) >= 11 is 0. The number of fused-ring (bicyclic) bond motifs is 1. The first-order valence-electron chi connectivity index (χ1n) is 7.50. The number of para-hydroxylation sites is 2. The molecule has 1 fully saturated rings. The number of benzene rings is 1. The van der Waals surface area contributed by atoms with Crippen molar-refractivity contribution < 1.29 is 9.53 Å². The number of carbonyl (C=O) groups excluding carboxylic acids is 1. The summed E-state index contributed by atoms with van der Waals surface area (Å²) in [5.41, 5.74) is 1.94. The van der Waals surface area contributed by atoms with Crippen LogP contribution >= 0.6 is 0 Å². The highest BCUT2D eigenvalue weighted by molar-refractivity contribution is 5.81. The van der Waals surface area contributed by atoms with Crippen molar-refractivity contribution in [3.63, 3.8) is 0 Å². The number of nitrogens with one attached hydrogen (secondary N) is 1. The molecule has 3 rings (SSSR count). The van der Waals surface area contributed by atoms with Gasteiger partial charge in [0.1, 0.15) is 12.4 Å². The lowest BCUT2D eigenvalue weighted by Crippen LogP contribution is -2.35. The molecule has 1 aliphatic heterocycles. The third-order valence-corrected chi connectivity index (χ3v) is 3.99. The molecule has 1 unspecified atom stereocenters. The number of aryl methyl sites for hydroxylation is 1. The lowest BCUT2D eigenvalue weighted by molar-refractivity contribution is -0.122. The zero-order chi connectivity index (χ0) is 14.7. The first-order valence-corrected chi connectivity index (χ1v) is 7.50. The van der Waals surface area contributed by atoms with Crippen LogP contribution in [0.15, 0.2) is 24.3 Å². The number of amides is 1. The molecular formula is C16H21N3O2. The van der Waals surface area contributed by atoms with E-state index >= 15 is 0 Å². The zero-order valence-electron chi connectivity index (χ0n) is 12.3. The van der Waals surface area contributed by atoms with Gasteiger partial charge in [0.25, 0.3) is 0 Å². The highest BCUT2D eigenvalue weighted by atomic mass is 16.5. The summed E-state index contributed by atoms with van der Waals surface area (Å²) in [4.78, 5) is 16.6. The number of hydrogen-bond acceptors (Lipinski definition) is 3. The van der Waals surface area contributed by atoms with Crippen molar-refractivity contribution >= 4 is 16.9 Å². The van der Waals surface area contributed by atoms with Gasteiger partial charge in [0.15, 0.2) is 0 Å². The predicted molar refractivity (Wildman–Crippen MR) is 81.0 cm³/mol. The molecule has 1 aliphatic rings. The Kier molecular flexibility index (Phi) is 4.20. The average Bonchev–Trinajstić information content (AvgIpc) is 2.82. The summed E-state index contributed by atoms with van der Waals surface area (Å²) in [5.74, 6) is 1.35. The Morgan fingerprint density at radius 2 is 2.33 bits per heavy atom. The van der Waals surface area contributed by atoms with Crippen molar-refractivity contribution in [2.45, 2.75) is 26.3 Å². The van der Waals surface area contributed by atoms with Crippen LogP contribution in [0.25, 0.3) is 11.0 Å². The van der Waals surface area contributed by atoms with Gasteiger partial charge in [0.05, 0.1) is 17.6 Å². The number of nitrogens with zero attached hydrogens (tertiary/aromatic N) is 2. The fourth-order valence-electron chi connectivity index (χ4n) is 2.82. The number of aromatic nitrogens is 2.